The Morgan fingerprint density at radius 2 is 2.16 bits per heavy atom. The van der Waals surface area contributed by atoms with Crippen molar-refractivity contribution >= 4 is 23.1 Å². The molecule has 2 heterocycles. The third kappa shape index (κ3) is 3.82. The minimum atomic E-state index is -0.475. The molecule has 2 rings (SSSR count). The summed E-state index contributed by atoms with van der Waals surface area (Å²) in [7, 11) is 0. The Bertz CT molecular complexity index is 581. The van der Waals surface area contributed by atoms with E-state index in [2.05, 4.69) is 5.10 Å². The number of nitrogen functional groups attached to an aromatic ring is 1. The molecular formula is C13H17N3O2S. The number of rotatable bonds is 3. The highest BCUT2D eigenvalue weighted by Crippen LogP contribution is 2.21. The van der Waals surface area contributed by atoms with Gasteiger partial charge in [0.1, 0.15) is 16.3 Å². The Hall–Kier alpha value is -1.82. The van der Waals surface area contributed by atoms with E-state index in [1.54, 1.807) is 16.8 Å². The van der Waals surface area contributed by atoms with E-state index in [1.807, 2.05) is 33.0 Å². The molecule has 0 aliphatic rings. The molecule has 0 unspecified atom stereocenters. The summed E-state index contributed by atoms with van der Waals surface area (Å²) in [6.45, 7) is 6.16. The second kappa shape index (κ2) is 5.05. The maximum absolute atomic E-state index is 11.9. The van der Waals surface area contributed by atoms with Crippen molar-refractivity contribution in [1.82, 2.24) is 9.78 Å². The third-order valence-electron chi connectivity index (χ3n) is 2.24. The monoisotopic (exact) mass is 279 g/mol. The number of carbonyl (C=O) groups is 1. The van der Waals surface area contributed by atoms with Crippen LogP contribution in [0, 0.1) is 0 Å². The second-order valence-corrected chi connectivity index (χ2v) is 6.37. The predicted octanol–water partition coefficient (Wildman–Crippen LogP) is 2.53. The van der Waals surface area contributed by atoms with Crippen molar-refractivity contribution in [1.29, 1.82) is 0 Å². The smallest absolute Gasteiger partial charge is 0.348 e. The minimum Gasteiger partial charge on any atom is -0.456 e. The molecular weight excluding hydrogens is 262 g/mol. The van der Waals surface area contributed by atoms with Crippen molar-refractivity contribution in [2.24, 2.45) is 0 Å². The van der Waals surface area contributed by atoms with Crippen LogP contribution in [0.5, 0.6) is 0 Å². The van der Waals surface area contributed by atoms with Gasteiger partial charge in [-0.1, -0.05) is 0 Å². The van der Waals surface area contributed by atoms with Crippen LogP contribution in [0.25, 0.3) is 0 Å². The van der Waals surface area contributed by atoms with Crippen molar-refractivity contribution in [3.05, 3.63) is 34.2 Å². The standard InChI is InChI=1S/C13H17N3O2S/c1-13(2,3)18-12(17)10-5-4-9(19-10)8-16-7-6-11(14)15-16/h4-7H,8H2,1-3H3,(H2,14,15). The summed E-state index contributed by atoms with van der Waals surface area (Å²) in [6.07, 6.45) is 1.81. The molecule has 6 heteroatoms. The quantitative estimate of drug-likeness (QED) is 0.876. The van der Waals surface area contributed by atoms with Crippen LogP contribution in [0.2, 0.25) is 0 Å². The molecule has 0 saturated heterocycles. The van der Waals surface area contributed by atoms with E-state index in [1.165, 1.54) is 11.3 Å². The number of thiophene rings is 1. The van der Waals surface area contributed by atoms with Gasteiger partial charge in [-0.25, -0.2) is 4.79 Å². The van der Waals surface area contributed by atoms with Crippen molar-refractivity contribution < 1.29 is 9.53 Å². The van der Waals surface area contributed by atoms with Crippen LogP contribution in [-0.4, -0.2) is 21.4 Å². The lowest BCUT2D eigenvalue weighted by Crippen LogP contribution is -2.23. The van der Waals surface area contributed by atoms with E-state index in [0.717, 1.165) is 4.88 Å². The van der Waals surface area contributed by atoms with Crippen molar-refractivity contribution in [3.63, 3.8) is 0 Å². The van der Waals surface area contributed by atoms with Gasteiger partial charge in [0.05, 0.1) is 6.54 Å². The zero-order valence-electron chi connectivity index (χ0n) is 11.2. The third-order valence-corrected chi connectivity index (χ3v) is 3.29. The van der Waals surface area contributed by atoms with Crippen LogP contribution in [0.1, 0.15) is 35.3 Å². The SMILES string of the molecule is CC(C)(C)OC(=O)c1ccc(Cn2ccc(N)n2)s1. The normalized spacial score (nSPS) is 11.5. The lowest BCUT2D eigenvalue weighted by atomic mass is 10.2. The summed E-state index contributed by atoms with van der Waals surface area (Å²) >= 11 is 1.41. The van der Waals surface area contributed by atoms with Crippen molar-refractivity contribution in [3.8, 4) is 0 Å². The maximum atomic E-state index is 11.9. The number of nitrogens with zero attached hydrogens (tertiary/aromatic N) is 2. The Labute approximate surface area is 116 Å². The number of aromatic nitrogens is 2. The first-order valence-electron chi connectivity index (χ1n) is 5.94. The van der Waals surface area contributed by atoms with E-state index in [-0.39, 0.29) is 5.97 Å². The van der Waals surface area contributed by atoms with Gasteiger partial charge in [0.2, 0.25) is 0 Å². The van der Waals surface area contributed by atoms with Gasteiger partial charge in [0.25, 0.3) is 0 Å². The highest BCUT2D eigenvalue weighted by Gasteiger charge is 2.19. The summed E-state index contributed by atoms with van der Waals surface area (Å²) in [5.41, 5.74) is 5.08. The number of hydrogen-bond acceptors (Lipinski definition) is 5. The first-order valence-corrected chi connectivity index (χ1v) is 6.76. The van der Waals surface area contributed by atoms with Crippen LogP contribution < -0.4 is 5.73 Å². The molecule has 102 valence electrons. The Morgan fingerprint density at radius 1 is 1.42 bits per heavy atom. The van der Waals surface area contributed by atoms with Gasteiger partial charge in [-0.3, -0.25) is 4.68 Å². The fourth-order valence-corrected chi connectivity index (χ4v) is 2.40. The predicted molar refractivity (Wildman–Crippen MR) is 75.2 cm³/mol. The molecule has 0 amide bonds. The Kier molecular flexibility index (Phi) is 3.61. The maximum Gasteiger partial charge on any atom is 0.348 e. The van der Waals surface area contributed by atoms with Gasteiger partial charge in [-0.05, 0) is 39.0 Å². The molecule has 0 radical (unpaired) electrons. The molecule has 0 fully saturated rings. The molecule has 2 aromatic heterocycles. The van der Waals surface area contributed by atoms with E-state index >= 15 is 0 Å². The molecule has 0 saturated carbocycles. The van der Waals surface area contributed by atoms with Crippen LogP contribution in [0.3, 0.4) is 0 Å². The van der Waals surface area contributed by atoms with Crippen LogP contribution in [0.15, 0.2) is 24.4 Å². The van der Waals surface area contributed by atoms with Gasteiger partial charge in [0.15, 0.2) is 0 Å². The zero-order valence-corrected chi connectivity index (χ0v) is 12.0. The summed E-state index contributed by atoms with van der Waals surface area (Å²) in [6, 6.07) is 5.42. The molecule has 0 aromatic carbocycles. The van der Waals surface area contributed by atoms with Crippen LogP contribution >= 0.6 is 11.3 Å². The molecule has 0 atom stereocenters. The summed E-state index contributed by atoms with van der Waals surface area (Å²) < 4.78 is 7.06. The molecule has 2 N–H and O–H groups in total. The lowest BCUT2D eigenvalue weighted by molar-refractivity contribution is 0.00752. The van der Waals surface area contributed by atoms with Gasteiger partial charge >= 0.3 is 5.97 Å². The van der Waals surface area contributed by atoms with Gasteiger partial charge in [-0.15, -0.1) is 11.3 Å². The molecule has 0 aliphatic heterocycles. The Balaban J connectivity index is 2.05. The van der Waals surface area contributed by atoms with Crippen LogP contribution in [0.4, 0.5) is 5.82 Å². The number of hydrogen-bond donors (Lipinski definition) is 1. The van der Waals surface area contributed by atoms with Gasteiger partial charge in [-0.2, -0.15) is 5.10 Å². The number of ether oxygens (including phenoxy) is 1. The summed E-state index contributed by atoms with van der Waals surface area (Å²) in [5.74, 6) is 0.202. The molecule has 0 aliphatic carbocycles. The highest BCUT2D eigenvalue weighted by atomic mass is 32.1. The molecule has 5 nitrogen and oxygen atoms in total. The summed E-state index contributed by atoms with van der Waals surface area (Å²) in [5, 5.41) is 4.10. The first-order chi connectivity index (χ1) is 8.83. The summed E-state index contributed by atoms with van der Waals surface area (Å²) in [4.78, 5) is 13.5. The largest absolute Gasteiger partial charge is 0.456 e. The van der Waals surface area contributed by atoms with E-state index in [4.69, 9.17) is 10.5 Å². The van der Waals surface area contributed by atoms with Gasteiger partial charge < -0.3 is 10.5 Å². The molecule has 19 heavy (non-hydrogen) atoms. The van der Waals surface area contributed by atoms with Crippen molar-refractivity contribution in [2.45, 2.75) is 32.9 Å². The van der Waals surface area contributed by atoms with Gasteiger partial charge in [0, 0.05) is 11.1 Å². The Morgan fingerprint density at radius 3 is 2.74 bits per heavy atom. The number of anilines is 1. The van der Waals surface area contributed by atoms with E-state index in [0.29, 0.717) is 17.2 Å². The fraction of sp³-hybridized carbons (Fsp3) is 0.385. The highest BCUT2D eigenvalue weighted by molar-refractivity contribution is 7.13. The number of esters is 1. The molecule has 2 aromatic rings. The second-order valence-electron chi connectivity index (χ2n) is 5.21. The van der Waals surface area contributed by atoms with E-state index in [9.17, 15) is 4.79 Å². The average molecular weight is 279 g/mol. The first kappa shape index (κ1) is 13.6. The molecule has 0 bridgehead atoms. The van der Waals surface area contributed by atoms with Crippen molar-refractivity contribution in [2.75, 3.05) is 5.73 Å². The lowest BCUT2D eigenvalue weighted by Gasteiger charge is -2.18. The zero-order chi connectivity index (χ0) is 14.0. The number of nitrogens with two attached hydrogens (primary N) is 1. The topological polar surface area (TPSA) is 70.1 Å². The van der Waals surface area contributed by atoms with E-state index < -0.39 is 5.60 Å². The number of carbonyl (C=O) groups excluding carboxylic acids is 1. The minimum absolute atomic E-state index is 0.288. The fourth-order valence-electron chi connectivity index (χ4n) is 1.53. The average Bonchev–Trinajstić information content (AvgIpc) is 2.86. The van der Waals surface area contributed by atoms with Crippen LogP contribution in [-0.2, 0) is 11.3 Å². The molecule has 0 spiro atoms.